The van der Waals surface area contributed by atoms with E-state index in [-0.39, 0.29) is 11.3 Å². The Morgan fingerprint density at radius 2 is 2.05 bits per heavy atom. The van der Waals surface area contributed by atoms with E-state index in [0.29, 0.717) is 12.2 Å². The molecule has 8 heteroatoms. The number of nitrogens with one attached hydrogen (secondary N) is 1. The first kappa shape index (κ1) is 18.6. The third-order valence-electron chi connectivity index (χ3n) is 2.97. The number of hydrogen-bond acceptors (Lipinski definition) is 4. The molecule has 0 bridgehead atoms. The van der Waals surface area contributed by atoms with Crippen LogP contribution in [-0.2, 0) is 14.8 Å². The van der Waals surface area contributed by atoms with E-state index in [1.165, 1.54) is 12.1 Å². The van der Waals surface area contributed by atoms with Crippen LogP contribution in [0.25, 0.3) is 5.53 Å². The smallest absolute Gasteiger partial charge is 0.323 e. The molecule has 0 aliphatic carbocycles. The maximum absolute atomic E-state index is 12.3. The van der Waals surface area contributed by atoms with Gasteiger partial charge in [-0.05, 0) is 37.5 Å². The zero-order valence-corrected chi connectivity index (χ0v) is 14.2. The number of carbonyl (C=O) groups excluding carboxylic acids is 1. The summed E-state index contributed by atoms with van der Waals surface area (Å²) < 4.78 is 27.2. The molecule has 0 radical (unpaired) electrons. The molecule has 6 nitrogen and oxygen atoms in total. The van der Waals surface area contributed by atoms with Gasteiger partial charge in [0.15, 0.2) is 0 Å². The van der Waals surface area contributed by atoms with Crippen LogP contribution in [0.15, 0.2) is 29.2 Å². The van der Waals surface area contributed by atoms with Crippen LogP contribution in [0.5, 0.6) is 0 Å². The van der Waals surface area contributed by atoms with Gasteiger partial charge in [0, 0.05) is 12.5 Å². The molecule has 1 aromatic carbocycles. The second-order valence-electron chi connectivity index (χ2n) is 4.83. The minimum atomic E-state index is -3.69. The summed E-state index contributed by atoms with van der Waals surface area (Å²) in [5, 5.41) is 0. The standard InChI is InChI=1S/C14H19N3O3S2/c1-11-3-5-14(6-4-11)22(19,20)17-12(7-8-21-2)9-13(18)10-16-15/h3-6,10,12,17H,7-9H2,1-2H3/t12-/m1/s1. The first-order chi connectivity index (χ1) is 10.4. The molecule has 1 rings (SSSR count). The number of rotatable bonds is 9. The summed E-state index contributed by atoms with van der Waals surface area (Å²) in [6.45, 7) is 1.87. The van der Waals surface area contributed by atoms with E-state index in [1.54, 1.807) is 23.9 Å². The molecule has 0 aliphatic rings. The van der Waals surface area contributed by atoms with Crippen LogP contribution >= 0.6 is 11.8 Å². The van der Waals surface area contributed by atoms with E-state index in [1.807, 2.05) is 13.2 Å². The molecule has 0 heterocycles. The lowest BCUT2D eigenvalue weighted by atomic mass is 10.1. The van der Waals surface area contributed by atoms with Crippen molar-refractivity contribution in [2.24, 2.45) is 0 Å². The monoisotopic (exact) mass is 341 g/mol. The number of thioether (sulfide) groups is 1. The van der Waals surface area contributed by atoms with Gasteiger partial charge in [-0.1, -0.05) is 17.7 Å². The first-order valence-corrected chi connectivity index (χ1v) is 9.55. The Balaban J connectivity index is 2.88. The van der Waals surface area contributed by atoms with Gasteiger partial charge in [0.05, 0.1) is 4.90 Å². The maximum atomic E-state index is 12.3. The van der Waals surface area contributed by atoms with Crippen molar-refractivity contribution in [1.29, 1.82) is 0 Å². The van der Waals surface area contributed by atoms with E-state index < -0.39 is 21.8 Å². The molecule has 0 aromatic heterocycles. The maximum Gasteiger partial charge on any atom is 0.323 e. The van der Waals surface area contributed by atoms with E-state index in [2.05, 4.69) is 9.51 Å². The average molecular weight is 341 g/mol. The Bertz CT molecular complexity index is 650. The van der Waals surface area contributed by atoms with Crippen LogP contribution in [0, 0.1) is 6.92 Å². The summed E-state index contributed by atoms with van der Waals surface area (Å²) in [4.78, 5) is 14.4. The van der Waals surface area contributed by atoms with Crippen molar-refractivity contribution in [3.05, 3.63) is 35.4 Å². The zero-order chi connectivity index (χ0) is 16.6. The minimum Gasteiger partial charge on any atom is -0.361 e. The highest BCUT2D eigenvalue weighted by Crippen LogP contribution is 2.13. The summed E-state index contributed by atoms with van der Waals surface area (Å²) in [6.07, 6.45) is 3.15. The molecular formula is C14H19N3O3S2. The fourth-order valence-electron chi connectivity index (χ4n) is 1.83. The molecule has 0 saturated heterocycles. The Morgan fingerprint density at radius 3 is 2.59 bits per heavy atom. The van der Waals surface area contributed by atoms with Crippen molar-refractivity contribution >= 4 is 33.8 Å². The lowest BCUT2D eigenvalue weighted by molar-refractivity contribution is -0.116. The predicted molar refractivity (Wildman–Crippen MR) is 87.6 cm³/mol. The number of aryl methyl sites for hydroxylation is 1. The van der Waals surface area contributed by atoms with Gasteiger partial charge in [0.1, 0.15) is 0 Å². The molecule has 1 N–H and O–H groups in total. The third-order valence-corrected chi connectivity index (χ3v) is 5.15. The Hall–Kier alpha value is -1.47. The quantitative estimate of drug-likeness (QED) is 0.419. The second-order valence-corrected chi connectivity index (χ2v) is 7.53. The highest BCUT2D eigenvalue weighted by molar-refractivity contribution is 7.98. The molecular weight excluding hydrogens is 322 g/mol. The van der Waals surface area contributed by atoms with Gasteiger partial charge >= 0.3 is 6.21 Å². The molecule has 0 saturated carbocycles. The minimum absolute atomic E-state index is 0.0459. The van der Waals surface area contributed by atoms with Crippen LogP contribution in [0.1, 0.15) is 18.4 Å². The normalized spacial score (nSPS) is 12.5. The van der Waals surface area contributed by atoms with E-state index in [9.17, 15) is 13.2 Å². The Labute approximate surface area is 135 Å². The molecule has 22 heavy (non-hydrogen) atoms. The van der Waals surface area contributed by atoms with E-state index >= 15 is 0 Å². The first-order valence-electron chi connectivity index (χ1n) is 6.67. The summed E-state index contributed by atoms with van der Waals surface area (Å²) in [6, 6.07) is 5.95. The van der Waals surface area contributed by atoms with Crippen LogP contribution in [0.4, 0.5) is 0 Å². The predicted octanol–water partition coefficient (Wildman–Crippen LogP) is 1.65. The van der Waals surface area contributed by atoms with Gasteiger partial charge in [0.2, 0.25) is 15.8 Å². The van der Waals surface area contributed by atoms with Gasteiger partial charge in [-0.25, -0.2) is 13.1 Å². The van der Waals surface area contributed by atoms with E-state index in [4.69, 9.17) is 5.53 Å². The van der Waals surface area contributed by atoms with Crippen molar-refractivity contribution in [1.82, 2.24) is 4.72 Å². The Kier molecular flexibility index (Phi) is 7.47. The fraction of sp³-hybridized carbons (Fsp3) is 0.429. The summed E-state index contributed by atoms with van der Waals surface area (Å²) >= 11 is 1.57. The molecule has 120 valence electrons. The van der Waals surface area contributed by atoms with Crippen molar-refractivity contribution in [3.63, 3.8) is 0 Å². The number of sulfonamides is 1. The molecule has 0 amide bonds. The topological polar surface area (TPSA) is 99.6 Å². The van der Waals surface area contributed by atoms with Crippen LogP contribution in [-0.4, -0.2) is 43.3 Å². The lowest BCUT2D eigenvalue weighted by Gasteiger charge is -2.16. The number of carbonyl (C=O) groups is 1. The molecule has 0 aliphatic heterocycles. The molecule has 1 aromatic rings. The largest absolute Gasteiger partial charge is 0.361 e. The molecule has 0 unspecified atom stereocenters. The summed E-state index contributed by atoms with van der Waals surface area (Å²) in [5.41, 5.74) is 9.33. The highest BCUT2D eigenvalue weighted by Gasteiger charge is 2.22. The van der Waals surface area contributed by atoms with Gasteiger partial charge in [-0.3, -0.25) is 4.79 Å². The molecule has 1 atom stereocenters. The molecule has 0 spiro atoms. The molecule has 0 fully saturated rings. The van der Waals surface area contributed by atoms with Gasteiger partial charge < -0.3 is 5.53 Å². The van der Waals surface area contributed by atoms with Gasteiger partial charge in [0.25, 0.3) is 0 Å². The fourth-order valence-corrected chi connectivity index (χ4v) is 3.62. The highest BCUT2D eigenvalue weighted by atomic mass is 32.2. The van der Waals surface area contributed by atoms with Crippen molar-refractivity contribution in [3.8, 4) is 0 Å². The number of nitrogens with zero attached hydrogens (tertiary/aromatic N) is 2. The number of ketones is 1. The van der Waals surface area contributed by atoms with Gasteiger partial charge in [-0.2, -0.15) is 16.6 Å². The number of Topliss-reactive ketones (excluding diaryl/α,β-unsaturated/α-hetero) is 1. The third kappa shape index (κ3) is 6.11. The summed E-state index contributed by atoms with van der Waals surface area (Å²) in [7, 11) is -3.69. The van der Waals surface area contributed by atoms with Gasteiger partial charge in [-0.15, -0.1) is 0 Å². The number of benzene rings is 1. The van der Waals surface area contributed by atoms with Crippen molar-refractivity contribution in [2.45, 2.75) is 30.7 Å². The summed E-state index contributed by atoms with van der Waals surface area (Å²) in [5.74, 6) is 0.283. The van der Waals surface area contributed by atoms with Crippen LogP contribution < -0.4 is 4.72 Å². The zero-order valence-electron chi connectivity index (χ0n) is 12.5. The van der Waals surface area contributed by atoms with E-state index in [0.717, 1.165) is 11.8 Å². The second kappa shape index (κ2) is 8.85. The average Bonchev–Trinajstić information content (AvgIpc) is 2.45. The van der Waals surface area contributed by atoms with Crippen molar-refractivity contribution in [2.75, 3.05) is 12.0 Å². The lowest BCUT2D eigenvalue weighted by Crippen LogP contribution is -2.37. The SMILES string of the molecule is CSCC[C@H](CC(=O)C=[N+]=[N-])NS(=O)(=O)c1ccc(C)cc1. The Morgan fingerprint density at radius 1 is 1.41 bits per heavy atom. The van der Waals surface area contributed by atoms with Crippen LogP contribution in [0.3, 0.4) is 0 Å². The number of hydrogen-bond donors (Lipinski definition) is 1. The van der Waals surface area contributed by atoms with Crippen molar-refractivity contribution < 1.29 is 18.0 Å². The van der Waals surface area contributed by atoms with Crippen LogP contribution in [0.2, 0.25) is 0 Å².